The lowest BCUT2D eigenvalue weighted by Gasteiger charge is -2.13. The number of carbonyl (C=O) groups excluding carboxylic acids is 1. The molecule has 3 rings (SSSR count). The molecule has 1 heterocycles. The van der Waals surface area contributed by atoms with E-state index in [1.165, 1.54) is 6.08 Å². The summed E-state index contributed by atoms with van der Waals surface area (Å²) < 4.78 is 22.2. The summed E-state index contributed by atoms with van der Waals surface area (Å²) >= 11 is 0. The van der Waals surface area contributed by atoms with Crippen LogP contribution in [0.25, 0.3) is 6.08 Å². The number of amides is 1. The number of rotatable bonds is 7. The van der Waals surface area contributed by atoms with Crippen LogP contribution in [0.4, 0.5) is 5.69 Å². The third-order valence-electron chi connectivity index (χ3n) is 4.40. The van der Waals surface area contributed by atoms with E-state index in [0.29, 0.717) is 29.5 Å². The Balaban J connectivity index is 1.80. The Morgan fingerprint density at radius 3 is 2.79 bits per heavy atom. The molecule has 1 atom stereocenters. The van der Waals surface area contributed by atoms with Crippen molar-refractivity contribution in [1.82, 2.24) is 0 Å². The van der Waals surface area contributed by atoms with Gasteiger partial charge in [-0.1, -0.05) is 12.1 Å². The standard InChI is InChI=1S/C22H25NO5/c1-5-27-20-12-16-11-14(2)28-19(16)13-17(20)23-21(24)10-9-15-7-6-8-18(25-3)22(15)26-4/h6-10,12-14H,5,11H2,1-4H3,(H,23,24)/b10-9+. The van der Waals surface area contributed by atoms with Crippen molar-refractivity contribution >= 4 is 17.7 Å². The molecule has 0 radical (unpaired) electrons. The minimum absolute atomic E-state index is 0.121. The molecule has 0 fully saturated rings. The molecule has 1 aliphatic heterocycles. The molecule has 1 unspecified atom stereocenters. The molecule has 0 aliphatic carbocycles. The molecule has 6 heteroatoms. The van der Waals surface area contributed by atoms with Crippen LogP contribution in [-0.2, 0) is 11.2 Å². The number of carbonyl (C=O) groups is 1. The smallest absolute Gasteiger partial charge is 0.248 e. The Morgan fingerprint density at radius 1 is 1.25 bits per heavy atom. The first kappa shape index (κ1) is 19.6. The molecule has 28 heavy (non-hydrogen) atoms. The molecule has 1 aliphatic rings. The Kier molecular flexibility index (Phi) is 6.09. The lowest BCUT2D eigenvalue weighted by molar-refractivity contribution is -0.111. The van der Waals surface area contributed by atoms with Crippen LogP contribution >= 0.6 is 0 Å². The van der Waals surface area contributed by atoms with Gasteiger partial charge < -0.3 is 24.3 Å². The predicted octanol–water partition coefficient (Wildman–Crippen LogP) is 4.08. The van der Waals surface area contributed by atoms with Crippen LogP contribution in [0.1, 0.15) is 25.0 Å². The van der Waals surface area contributed by atoms with E-state index in [1.54, 1.807) is 26.4 Å². The summed E-state index contributed by atoms with van der Waals surface area (Å²) in [6.07, 6.45) is 4.09. The van der Waals surface area contributed by atoms with Crippen molar-refractivity contribution in [1.29, 1.82) is 0 Å². The van der Waals surface area contributed by atoms with E-state index in [2.05, 4.69) is 5.32 Å². The largest absolute Gasteiger partial charge is 0.493 e. The molecule has 148 valence electrons. The number of benzene rings is 2. The first-order valence-electron chi connectivity index (χ1n) is 9.22. The fourth-order valence-electron chi connectivity index (χ4n) is 3.20. The maximum absolute atomic E-state index is 12.5. The molecule has 0 aromatic heterocycles. The number of ether oxygens (including phenoxy) is 4. The summed E-state index contributed by atoms with van der Waals surface area (Å²) in [5.41, 5.74) is 2.42. The van der Waals surface area contributed by atoms with Crippen LogP contribution in [0.3, 0.4) is 0 Å². The fraction of sp³-hybridized carbons (Fsp3) is 0.318. The van der Waals surface area contributed by atoms with Crippen molar-refractivity contribution in [3.8, 4) is 23.0 Å². The van der Waals surface area contributed by atoms with Crippen LogP contribution in [-0.4, -0.2) is 32.8 Å². The molecule has 0 spiro atoms. The first-order valence-corrected chi connectivity index (χ1v) is 9.22. The summed E-state index contributed by atoms with van der Waals surface area (Å²) in [6.45, 7) is 4.44. The van der Waals surface area contributed by atoms with Gasteiger partial charge in [0.05, 0.1) is 26.5 Å². The highest BCUT2D eigenvalue weighted by Gasteiger charge is 2.22. The Morgan fingerprint density at radius 2 is 2.07 bits per heavy atom. The van der Waals surface area contributed by atoms with Crippen molar-refractivity contribution in [2.24, 2.45) is 0 Å². The van der Waals surface area contributed by atoms with Crippen LogP contribution in [0.15, 0.2) is 36.4 Å². The topological polar surface area (TPSA) is 66.0 Å². The number of nitrogens with one attached hydrogen (secondary N) is 1. The second-order valence-corrected chi connectivity index (χ2v) is 6.43. The number of anilines is 1. The van der Waals surface area contributed by atoms with Gasteiger partial charge in [0.15, 0.2) is 11.5 Å². The summed E-state index contributed by atoms with van der Waals surface area (Å²) in [6, 6.07) is 9.25. The van der Waals surface area contributed by atoms with Crippen molar-refractivity contribution in [2.45, 2.75) is 26.4 Å². The fourth-order valence-corrected chi connectivity index (χ4v) is 3.20. The van der Waals surface area contributed by atoms with E-state index in [9.17, 15) is 4.79 Å². The molecule has 2 aromatic rings. The molecule has 2 aromatic carbocycles. The van der Waals surface area contributed by atoms with E-state index >= 15 is 0 Å². The third kappa shape index (κ3) is 4.22. The van der Waals surface area contributed by atoms with Crippen LogP contribution < -0.4 is 24.3 Å². The van der Waals surface area contributed by atoms with E-state index in [4.69, 9.17) is 18.9 Å². The zero-order valence-corrected chi connectivity index (χ0v) is 16.6. The van der Waals surface area contributed by atoms with Gasteiger partial charge >= 0.3 is 0 Å². The molecule has 6 nitrogen and oxygen atoms in total. The minimum Gasteiger partial charge on any atom is -0.493 e. The van der Waals surface area contributed by atoms with Crippen LogP contribution in [0.5, 0.6) is 23.0 Å². The van der Waals surface area contributed by atoms with Crippen molar-refractivity contribution in [2.75, 3.05) is 26.1 Å². The van der Waals surface area contributed by atoms with Gasteiger partial charge in [-0.25, -0.2) is 0 Å². The Hall–Kier alpha value is -3.15. The number of methoxy groups -OCH3 is 2. The maximum Gasteiger partial charge on any atom is 0.248 e. The van der Waals surface area contributed by atoms with E-state index in [0.717, 1.165) is 23.3 Å². The van der Waals surface area contributed by atoms with Gasteiger partial charge in [0.25, 0.3) is 0 Å². The van der Waals surface area contributed by atoms with Crippen molar-refractivity contribution in [3.05, 3.63) is 47.5 Å². The number of hydrogen-bond acceptors (Lipinski definition) is 5. The van der Waals surface area contributed by atoms with Gasteiger partial charge in [-0.15, -0.1) is 0 Å². The van der Waals surface area contributed by atoms with Gasteiger partial charge in [-0.3, -0.25) is 4.79 Å². The van der Waals surface area contributed by atoms with Crippen molar-refractivity contribution in [3.63, 3.8) is 0 Å². The van der Waals surface area contributed by atoms with E-state index in [-0.39, 0.29) is 12.0 Å². The molecule has 0 bridgehead atoms. The summed E-state index contributed by atoms with van der Waals surface area (Å²) in [5.74, 6) is 2.32. The average Bonchev–Trinajstić information content (AvgIpc) is 3.05. The lowest BCUT2D eigenvalue weighted by Crippen LogP contribution is -2.10. The minimum atomic E-state index is -0.281. The molecular formula is C22H25NO5. The number of fused-ring (bicyclic) bond motifs is 1. The van der Waals surface area contributed by atoms with Gasteiger partial charge in [-0.05, 0) is 32.1 Å². The monoisotopic (exact) mass is 383 g/mol. The maximum atomic E-state index is 12.5. The summed E-state index contributed by atoms with van der Waals surface area (Å²) in [7, 11) is 3.14. The highest BCUT2D eigenvalue weighted by molar-refractivity contribution is 6.03. The van der Waals surface area contributed by atoms with Gasteiger partial charge in [0.2, 0.25) is 5.91 Å². The molecule has 1 amide bonds. The molecule has 0 saturated carbocycles. The second-order valence-electron chi connectivity index (χ2n) is 6.43. The Labute approximate surface area is 165 Å². The number of hydrogen-bond donors (Lipinski definition) is 1. The average molecular weight is 383 g/mol. The molecule has 1 N–H and O–H groups in total. The summed E-state index contributed by atoms with van der Waals surface area (Å²) in [4.78, 5) is 12.5. The van der Waals surface area contributed by atoms with E-state index in [1.807, 2.05) is 38.1 Å². The second kappa shape index (κ2) is 8.69. The van der Waals surface area contributed by atoms with Gasteiger partial charge in [-0.2, -0.15) is 0 Å². The van der Waals surface area contributed by atoms with Crippen LogP contribution in [0.2, 0.25) is 0 Å². The lowest BCUT2D eigenvalue weighted by atomic mass is 10.1. The predicted molar refractivity (Wildman–Crippen MR) is 109 cm³/mol. The Bertz CT molecular complexity index is 891. The third-order valence-corrected chi connectivity index (χ3v) is 4.40. The quantitative estimate of drug-likeness (QED) is 0.730. The van der Waals surface area contributed by atoms with Gasteiger partial charge in [0, 0.05) is 29.7 Å². The molecular weight excluding hydrogens is 358 g/mol. The van der Waals surface area contributed by atoms with Crippen molar-refractivity contribution < 1.29 is 23.7 Å². The zero-order valence-electron chi connectivity index (χ0n) is 16.6. The van der Waals surface area contributed by atoms with Gasteiger partial charge in [0.1, 0.15) is 17.6 Å². The highest BCUT2D eigenvalue weighted by Crippen LogP contribution is 2.38. The summed E-state index contributed by atoms with van der Waals surface area (Å²) in [5, 5.41) is 2.87. The normalized spacial score (nSPS) is 15.1. The zero-order chi connectivity index (χ0) is 20.1. The van der Waals surface area contributed by atoms with Crippen LogP contribution in [0, 0.1) is 0 Å². The first-order chi connectivity index (χ1) is 13.5. The molecule has 0 saturated heterocycles. The SMILES string of the molecule is CCOc1cc2c(cc1NC(=O)/C=C/c1cccc(OC)c1OC)OC(C)C2. The number of para-hydroxylation sites is 1. The highest BCUT2D eigenvalue weighted by atomic mass is 16.5. The van der Waals surface area contributed by atoms with E-state index < -0.39 is 0 Å².